The molecule has 0 aromatic carbocycles. The molecule has 3 aliphatic rings. The third-order valence-corrected chi connectivity index (χ3v) is 12.2. The van der Waals surface area contributed by atoms with Gasteiger partial charge in [0.1, 0.15) is 4.99 Å². The van der Waals surface area contributed by atoms with Crippen LogP contribution in [0.2, 0.25) is 0 Å². The molecule has 0 aromatic heterocycles. The zero-order valence-corrected chi connectivity index (χ0v) is 21.4. The van der Waals surface area contributed by atoms with Crippen LogP contribution in [0.15, 0.2) is 0 Å². The van der Waals surface area contributed by atoms with Gasteiger partial charge in [-0.3, -0.25) is 4.57 Å². The van der Waals surface area contributed by atoms with Crippen LogP contribution in [-0.4, -0.2) is 23.0 Å². The molecule has 170 valence electrons. The van der Waals surface area contributed by atoms with Gasteiger partial charge in [-0.1, -0.05) is 54.4 Å². The molecule has 0 amide bonds. The monoisotopic (exact) mass is 444 g/mol. The van der Waals surface area contributed by atoms with Crippen molar-refractivity contribution in [2.45, 2.75) is 110 Å². The first kappa shape index (κ1) is 24.1. The molecule has 0 spiro atoms. The largest absolute Gasteiger partial charge is 0.344 e. The summed E-state index contributed by atoms with van der Waals surface area (Å²) >= 11 is 1.83. The summed E-state index contributed by atoms with van der Waals surface area (Å²) < 4.78 is 27.8. The van der Waals surface area contributed by atoms with Crippen LogP contribution in [-0.2, 0) is 13.6 Å². The first-order valence-corrected chi connectivity index (χ1v) is 14.9. The van der Waals surface area contributed by atoms with Crippen LogP contribution in [0, 0.1) is 35.5 Å². The lowest BCUT2D eigenvalue weighted by Gasteiger charge is -2.42. The summed E-state index contributed by atoms with van der Waals surface area (Å²) in [5.41, 5.74) is 0. The molecule has 1 aliphatic heterocycles. The molecule has 0 N–H and O–H groups in total. The van der Waals surface area contributed by atoms with E-state index in [1.165, 1.54) is 25.7 Å². The van der Waals surface area contributed by atoms with Gasteiger partial charge in [-0.15, -0.1) is 11.8 Å². The molecule has 1 heterocycles. The molecule has 0 unspecified atom stereocenters. The molecular formula is C24H45O3PS. The molecule has 3 rings (SSSR count). The van der Waals surface area contributed by atoms with E-state index in [0.29, 0.717) is 35.5 Å². The molecule has 29 heavy (non-hydrogen) atoms. The molecule has 3 fully saturated rings. The maximum atomic E-state index is 14.4. The summed E-state index contributed by atoms with van der Waals surface area (Å²) in [5, 5.41) is 0. The SMILES string of the molecule is CC(C)[C@@H]1CC[C@@H](C)C[C@H]1OP(=O)(O[C@@H]1C[C@H](C)CC[C@H]1C(C)C)[C@H]1CCCS1. The van der Waals surface area contributed by atoms with Gasteiger partial charge >= 0.3 is 7.60 Å². The molecular weight excluding hydrogens is 399 g/mol. The molecule has 0 radical (unpaired) electrons. The Balaban J connectivity index is 1.82. The maximum absolute atomic E-state index is 14.4. The predicted octanol–water partition coefficient (Wildman–Crippen LogP) is 7.99. The van der Waals surface area contributed by atoms with E-state index in [-0.39, 0.29) is 17.2 Å². The van der Waals surface area contributed by atoms with Gasteiger partial charge < -0.3 is 9.05 Å². The van der Waals surface area contributed by atoms with Crippen LogP contribution in [0.25, 0.3) is 0 Å². The van der Waals surface area contributed by atoms with Crippen LogP contribution in [0.3, 0.4) is 0 Å². The summed E-state index contributed by atoms with van der Waals surface area (Å²) in [6, 6.07) is 0. The highest BCUT2D eigenvalue weighted by molar-refractivity contribution is 8.05. The topological polar surface area (TPSA) is 35.5 Å². The van der Waals surface area contributed by atoms with Crippen LogP contribution in [0.5, 0.6) is 0 Å². The van der Waals surface area contributed by atoms with E-state index in [9.17, 15) is 4.57 Å². The first-order chi connectivity index (χ1) is 13.7. The third kappa shape index (κ3) is 6.05. The van der Waals surface area contributed by atoms with Crippen molar-refractivity contribution in [3.8, 4) is 0 Å². The third-order valence-electron chi connectivity index (χ3n) is 7.75. The van der Waals surface area contributed by atoms with Gasteiger partial charge in [0.2, 0.25) is 0 Å². The van der Waals surface area contributed by atoms with Crippen LogP contribution < -0.4 is 0 Å². The highest BCUT2D eigenvalue weighted by Crippen LogP contribution is 2.65. The summed E-state index contributed by atoms with van der Waals surface area (Å²) in [6.45, 7) is 13.8. The lowest BCUT2D eigenvalue weighted by molar-refractivity contribution is -0.00413. The molecule has 0 aromatic rings. The minimum absolute atomic E-state index is 0.0394. The van der Waals surface area contributed by atoms with E-state index < -0.39 is 7.60 Å². The molecule has 0 bridgehead atoms. The Kier molecular flexibility index (Phi) is 8.67. The van der Waals surface area contributed by atoms with Crippen molar-refractivity contribution in [1.82, 2.24) is 0 Å². The van der Waals surface area contributed by atoms with Gasteiger partial charge in [0.05, 0.1) is 12.2 Å². The van der Waals surface area contributed by atoms with Crippen molar-refractivity contribution < 1.29 is 13.6 Å². The normalized spacial score (nSPS) is 39.4. The fourth-order valence-corrected chi connectivity index (χ4v) is 10.2. The molecule has 7 atom stereocenters. The molecule has 2 saturated carbocycles. The van der Waals surface area contributed by atoms with Crippen molar-refractivity contribution in [2.24, 2.45) is 35.5 Å². The Morgan fingerprint density at radius 2 is 1.28 bits per heavy atom. The number of hydrogen-bond acceptors (Lipinski definition) is 4. The van der Waals surface area contributed by atoms with Gasteiger partial charge in [-0.25, -0.2) is 0 Å². The molecule has 1 saturated heterocycles. The van der Waals surface area contributed by atoms with Gasteiger partial charge in [0.25, 0.3) is 0 Å². The van der Waals surface area contributed by atoms with Gasteiger partial charge in [0.15, 0.2) is 0 Å². The highest BCUT2D eigenvalue weighted by Gasteiger charge is 2.47. The minimum atomic E-state index is -3.15. The second kappa shape index (κ2) is 10.4. The van der Waals surface area contributed by atoms with Crippen molar-refractivity contribution in [2.75, 3.05) is 5.75 Å². The van der Waals surface area contributed by atoms with E-state index in [4.69, 9.17) is 9.05 Å². The zero-order valence-electron chi connectivity index (χ0n) is 19.6. The Morgan fingerprint density at radius 1 is 0.793 bits per heavy atom. The predicted molar refractivity (Wildman–Crippen MR) is 126 cm³/mol. The summed E-state index contributed by atoms with van der Waals surface area (Å²) in [4.78, 5) is 0.0394. The van der Waals surface area contributed by atoms with E-state index >= 15 is 0 Å². The molecule has 3 nitrogen and oxygen atoms in total. The Labute approximate surface area is 184 Å². The van der Waals surface area contributed by atoms with Crippen LogP contribution in [0.1, 0.15) is 92.9 Å². The standard InChI is InChI=1S/C24H45O3PS/c1-16(2)20-11-9-18(5)14-22(20)26-28(25,24-8-7-13-29-24)27-23-15-19(6)10-12-21(23)17(3)4/h16-24H,7-15H2,1-6H3/t18-,19-,20+,21+,22-,23-,24-/m1/s1. The fourth-order valence-electron chi connectivity index (χ4n) is 5.82. The Hall–Kier alpha value is 0.500. The van der Waals surface area contributed by atoms with Crippen molar-refractivity contribution >= 4 is 19.4 Å². The van der Waals surface area contributed by atoms with E-state index in [0.717, 1.165) is 31.4 Å². The highest BCUT2D eigenvalue weighted by atomic mass is 32.2. The minimum Gasteiger partial charge on any atom is -0.304 e. The quantitative estimate of drug-likeness (QED) is 0.373. The summed E-state index contributed by atoms with van der Waals surface area (Å²) in [5.74, 6) is 4.52. The lowest BCUT2D eigenvalue weighted by Crippen LogP contribution is -2.37. The van der Waals surface area contributed by atoms with Gasteiger partial charge in [0, 0.05) is 0 Å². The van der Waals surface area contributed by atoms with Crippen molar-refractivity contribution in [3.63, 3.8) is 0 Å². The van der Waals surface area contributed by atoms with Gasteiger partial charge in [-0.05, 0) is 79.8 Å². The van der Waals surface area contributed by atoms with Crippen molar-refractivity contribution in [3.05, 3.63) is 0 Å². The lowest BCUT2D eigenvalue weighted by atomic mass is 9.75. The van der Waals surface area contributed by atoms with Crippen LogP contribution in [0.4, 0.5) is 0 Å². The fraction of sp³-hybridized carbons (Fsp3) is 1.00. The molecule has 2 aliphatic carbocycles. The number of rotatable bonds is 7. The Morgan fingerprint density at radius 3 is 1.66 bits per heavy atom. The molecule has 5 heteroatoms. The van der Waals surface area contributed by atoms with Crippen molar-refractivity contribution in [1.29, 1.82) is 0 Å². The van der Waals surface area contributed by atoms with E-state index in [1.807, 2.05) is 11.8 Å². The zero-order chi connectivity index (χ0) is 21.2. The average Bonchev–Trinajstić information content (AvgIpc) is 3.16. The maximum Gasteiger partial charge on any atom is 0.344 e. The summed E-state index contributed by atoms with van der Waals surface area (Å²) in [6.07, 6.45) is 9.26. The van der Waals surface area contributed by atoms with E-state index in [2.05, 4.69) is 41.5 Å². The second-order valence-electron chi connectivity index (χ2n) is 10.9. The second-order valence-corrected chi connectivity index (χ2v) is 14.7. The average molecular weight is 445 g/mol. The van der Waals surface area contributed by atoms with Gasteiger partial charge in [-0.2, -0.15) is 0 Å². The summed E-state index contributed by atoms with van der Waals surface area (Å²) in [7, 11) is -3.15. The Bertz CT molecular complexity index is 522. The smallest absolute Gasteiger partial charge is 0.304 e. The first-order valence-electron chi connectivity index (χ1n) is 12.3. The van der Waals surface area contributed by atoms with Crippen LogP contribution >= 0.6 is 19.4 Å². The van der Waals surface area contributed by atoms with E-state index in [1.54, 1.807) is 0 Å². The number of hydrogen-bond donors (Lipinski definition) is 0. The number of thioether (sulfide) groups is 1.